The van der Waals surface area contributed by atoms with E-state index in [-0.39, 0.29) is 11.9 Å². The van der Waals surface area contributed by atoms with E-state index in [1.807, 2.05) is 44.2 Å². The van der Waals surface area contributed by atoms with Crippen LogP contribution in [0.25, 0.3) is 11.3 Å². The Kier molecular flexibility index (Phi) is 4.37. The average Bonchev–Trinajstić information content (AvgIpc) is 3.10. The lowest BCUT2D eigenvalue weighted by Crippen LogP contribution is -2.30. The van der Waals surface area contributed by atoms with Gasteiger partial charge in [0.15, 0.2) is 0 Å². The Labute approximate surface area is 140 Å². The van der Waals surface area contributed by atoms with Gasteiger partial charge in [0.05, 0.1) is 29.2 Å². The van der Waals surface area contributed by atoms with E-state index in [0.29, 0.717) is 5.56 Å². The number of hydrogen-bond donors (Lipinski definition) is 1. The highest BCUT2D eigenvalue weighted by molar-refractivity contribution is 5.99. The number of nitrogens with one attached hydrogen (secondary N) is 1. The Hall–Kier alpha value is -3.02. The molecule has 3 aromatic rings. The molecule has 3 rings (SSSR count). The van der Waals surface area contributed by atoms with Crippen LogP contribution in [0.5, 0.6) is 0 Å². The zero-order valence-corrected chi connectivity index (χ0v) is 13.9. The predicted octanol–water partition coefficient (Wildman–Crippen LogP) is 3.01. The Morgan fingerprint density at radius 3 is 2.83 bits per heavy atom. The number of carbonyl (C=O) groups is 1. The summed E-state index contributed by atoms with van der Waals surface area (Å²) in [5, 5.41) is 7.01. The Balaban J connectivity index is 1.90. The molecule has 0 saturated carbocycles. The van der Waals surface area contributed by atoms with Crippen molar-refractivity contribution >= 4 is 5.91 Å². The minimum absolute atomic E-state index is 0.105. The second-order valence-electron chi connectivity index (χ2n) is 5.75. The normalized spacial score (nSPS) is 12.0. The first kappa shape index (κ1) is 15.9. The average molecular weight is 321 g/mol. The van der Waals surface area contributed by atoms with Crippen molar-refractivity contribution < 1.29 is 4.79 Å². The van der Waals surface area contributed by atoms with Crippen molar-refractivity contribution in [3.8, 4) is 11.3 Å². The maximum atomic E-state index is 12.9. The van der Waals surface area contributed by atoms with Gasteiger partial charge in [0.25, 0.3) is 5.91 Å². The molecule has 0 unspecified atom stereocenters. The van der Waals surface area contributed by atoms with Gasteiger partial charge in [-0.2, -0.15) is 5.10 Å². The van der Waals surface area contributed by atoms with Crippen LogP contribution in [0.3, 0.4) is 0 Å². The Morgan fingerprint density at radius 2 is 2.12 bits per heavy atom. The highest BCUT2D eigenvalue weighted by Crippen LogP contribution is 2.25. The molecule has 1 atom stereocenters. The Bertz CT molecular complexity index is 843. The van der Waals surface area contributed by atoms with Crippen molar-refractivity contribution in [3.63, 3.8) is 0 Å². The minimum atomic E-state index is -0.166. The van der Waals surface area contributed by atoms with Crippen LogP contribution in [-0.4, -0.2) is 38.0 Å². The monoisotopic (exact) mass is 321 g/mol. The van der Waals surface area contributed by atoms with E-state index in [1.165, 1.54) is 6.33 Å². The van der Waals surface area contributed by atoms with E-state index in [2.05, 4.69) is 20.2 Å². The van der Waals surface area contributed by atoms with Crippen LogP contribution in [0.4, 0.5) is 0 Å². The molecule has 2 aromatic heterocycles. The lowest BCUT2D eigenvalue weighted by atomic mass is 10.0. The number of aryl methyl sites for hydroxylation is 1. The van der Waals surface area contributed by atoms with Gasteiger partial charge in [0, 0.05) is 18.8 Å². The summed E-state index contributed by atoms with van der Waals surface area (Å²) in [6.45, 7) is 3.96. The summed E-state index contributed by atoms with van der Waals surface area (Å²) in [6.07, 6.45) is 4.73. The number of aromatic nitrogens is 4. The van der Waals surface area contributed by atoms with Gasteiger partial charge in [-0.15, -0.1) is 0 Å². The van der Waals surface area contributed by atoms with Crippen molar-refractivity contribution in [3.05, 3.63) is 65.9 Å². The van der Waals surface area contributed by atoms with Gasteiger partial charge in [0.2, 0.25) is 0 Å². The molecule has 0 spiro atoms. The molecule has 0 aliphatic carbocycles. The van der Waals surface area contributed by atoms with Crippen molar-refractivity contribution in [2.24, 2.45) is 0 Å². The van der Waals surface area contributed by atoms with Gasteiger partial charge in [0.1, 0.15) is 6.33 Å². The van der Waals surface area contributed by atoms with Gasteiger partial charge in [-0.05, 0) is 26.0 Å². The third kappa shape index (κ3) is 3.03. The molecule has 0 saturated heterocycles. The molecular weight excluding hydrogens is 302 g/mol. The molecule has 24 heavy (non-hydrogen) atoms. The van der Waals surface area contributed by atoms with E-state index in [0.717, 1.165) is 22.5 Å². The molecule has 1 amide bonds. The van der Waals surface area contributed by atoms with E-state index in [4.69, 9.17) is 0 Å². The van der Waals surface area contributed by atoms with Crippen LogP contribution in [0.1, 0.15) is 34.6 Å². The van der Waals surface area contributed by atoms with Crippen LogP contribution in [0.2, 0.25) is 0 Å². The standard InChI is InChI=1S/C18H19N5O/c1-12-5-4-6-14(9-12)17-15(10-21-22-17)18(24)23(3)13(2)16-7-8-19-11-20-16/h4-11,13H,1-3H3,(H,21,22)/t13-/m1/s1. The summed E-state index contributed by atoms with van der Waals surface area (Å²) in [6, 6.07) is 9.62. The summed E-state index contributed by atoms with van der Waals surface area (Å²) < 4.78 is 0. The van der Waals surface area contributed by atoms with Gasteiger partial charge < -0.3 is 4.90 Å². The fourth-order valence-corrected chi connectivity index (χ4v) is 2.58. The molecule has 0 fully saturated rings. The topological polar surface area (TPSA) is 74.8 Å². The van der Waals surface area contributed by atoms with Crippen molar-refractivity contribution in [2.75, 3.05) is 7.05 Å². The van der Waals surface area contributed by atoms with Gasteiger partial charge in [-0.3, -0.25) is 9.89 Å². The smallest absolute Gasteiger partial charge is 0.257 e. The maximum Gasteiger partial charge on any atom is 0.257 e. The molecule has 0 aliphatic heterocycles. The molecule has 6 nitrogen and oxygen atoms in total. The number of hydrogen-bond acceptors (Lipinski definition) is 4. The minimum Gasteiger partial charge on any atom is -0.333 e. The summed E-state index contributed by atoms with van der Waals surface area (Å²) in [4.78, 5) is 22.7. The summed E-state index contributed by atoms with van der Waals surface area (Å²) in [5.41, 5.74) is 4.14. The molecule has 1 aromatic carbocycles. The maximum absolute atomic E-state index is 12.9. The summed E-state index contributed by atoms with van der Waals surface area (Å²) >= 11 is 0. The number of H-pyrrole nitrogens is 1. The highest BCUT2D eigenvalue weighted by Gasteiger charge is 2.23. The van der Waals surface area contributed by atoms with Crippen molar-refractivity contribution in [1.82, 2.24) is 25.1 Å². The number of amides is 1. The first-order valence-electron chi connectivity index (χ1n) is 7.71. The summed E-state index contributed by atoms with van der Waals surface area (Å²) in [7, 11) is 1.77. The van der Waals surface area contributed by atoms with Crippen LogP contribution < -0.4 is 0 Å². The Morgan fingerprint density at radius 1 is 1.29 bits per heavy atom. The molecule has 122 valence electrons. The van der Waals surface area contributed by atoms with Gasteiger partial charge >= 0.3 is 0 Å². The first-order valence-corrected chi connectivity index (χ1v) is 7.71. The number of aromatic amines is 1. The lowest BCUT2D eigenvalue weighted by molar-refractivity contribution is 0.0740. The van der Waals surface area contributed by atoms with Crippen LogP contribution in [0.15, 0.2) is 49.1 Å². The SMILES string of the molecule is Cc1cccc(-c2[nH]ncc2C(=O)N(C)[C@H](C)c2ccncn2)c1. The fourth-order valence-electron chi connectivity index (χ4n) is 2.58. The predicted molar refractivity (Wildman–Crippen MR) is 91.3 cm³/mol. The fraction of sp³-hybridized carbons (Fsp3) is 0.222. The quantitative estimate of drug-likeness (QED) is 0.801. The number of carbonyl (C=O) groups excluding carboxylic acids is 1. The molecular formula is C18H19N5O. The zero-order valence-electron chi connectivity index (χ0n) is 13.9. The zero-order chi connectivity index (χ0) is 17.1. The van der Waals surface area contributed by atoms with Gasteiger partial charge in [-0.25, -0.2) is 9.97 Å². The second kappa shape index (κ2) is 6.62. The van der Waals surface area contributed by atoms with Crippen LogP contribution in [0, 0.1) is 6.92 Å². The van der Waals surface area contributed by atoms with Gasteiger partial charge in [-0.1, -0.05) is 23.8 Å². The number of benzene rings is 1. The van der Waals surface area contributed by atoms with E-state index >= 15 is 0 Å². The molecule has 1 N–H and O–H groups in total. The molecule has 0 aliphatic rings. The molecule has 2 heterocycles. The van der Waals surface area contributed by atoms with Crippen LogP contribution in [-0.2, 0) is 0 Å². The molecule has 0 radical (unpaired) electrons. The number of nitrogens with zero attached hydrogens (tertiary/aromatic N) is 4. The third-order valence-corrected chi connectivity index (χ3v) is 4.11. The molecule has 6 heteroatoms. The van der Waals surface area contributed by atoms with Crippen molar-refractivity contribution in [1.29, 1.82) is 0 Å². The largest absolute Gasteiger partial charge is 0.333 e. The number of rotatable bonds is 4. The first-order chi connectivity index (χ1) is 11.6. The van der Waals surface area contributed by atoms with Crippen LogP contribution >= 0.6 is 0 Å². The lowest BCUT2D eigenvalue weighted by Gasteiger charge is -2.24. The summed E-state index contributed by atoms with van der Waals surface area (Å²) in [5.74, 6) is -0.105. The molecule has 0 bridgehead atoms. The highest BCUT2D eigenvalue weighted by atomic mass is 16.2. The van der Waals surface area contributed by atoms with E-state index in [1.54, 1.807) is 24.3 Å². The van der Waals surface area contributed by atoms with E-state index in [9.17, 15) is 4.79 Å². The third-order valence-electron chi connectivity index (χ3n) is 4.11. The second-order valence-corrected chi connectivity index (χ2v) is 5.75. The van der Waals surface area contributed by atoms with E-state index < -0.39 is 0 Å². The van der Waals surface area contributed by atoms with Crippen molar-refractivity contribution in [2.45, 2.75) is 19.9 Å².